The van der Waals surface area contributed by atoms with Crippen LogP contribution in [0.25, 0.3) is 33.9 Å². The summed E-state index contributed by atoms with van der Waals surface area (Å²) in [6.45, 7) is 2.14. The molecule has 9 aromatic carbocycles. The molecular weight excluding hydrogens is 793 g/mol. The number of rotatable bonds is 11. The summed E-state index contributed by atoms with van der Waals surface area (Å²) in [6, 6.07) is 95.6. The summed E-state index contributed by atoms with van der Waals surface area (Å²) in [4.78, 5) is 10.9. The van der Waals surface area contributed by atoms with Crippen molar-refractivity contribution < 1.29 is 0 Å². The van der Waals surface area contributed by atoms with Crippen LogP contribution in [0.5, 0.6) is 0 Å². The fourth-order valence-corrected chi connectivity index (χ4v) is 19.2. The average molecular weight is 839 g/mol. The molecule has 0 fully saturated rings. The van der Waals surface area contributed by atoms with Crippen LogP contribution in [-0.4, -0.2) is 26.1 Å². The van der Waals surface area contributed by atoms with E-state index in [-0.39, 0.29) is 0 Å². The predicted octanol–water partition coefficient (Wildman–Crippen LogP) is 8.54. The Labute approximate surface area is 373 Å². The molecule has 0 bridgehead atoms. The van der Waals surface area contributed by atoms with Crippen molar-refractivity contribution in [3.8, 4) is 33.9 Å². The van der Waals surface area contributed by atoms with Gasteiger partial charge in [-0.15, -0.1) is 0 Å². The molecule has 0 radical (unpaired) electrons. The van der Waals surface area contributed by atoms with Gasteiger partial charge in [0.15, 0.2) is 22.0 Å². The van der Waals surface area contributed by atoms with Crippen molar-refractivity contribution in [2.45, 2.75) is 6.92 Å². The molecule has 2 nitrogen and oxygen atoms in total. The van der Waals surface area contributed by atoms with Crippen molar-refractivity contribution in [2.75, 3.05) is 0 Å². The molecule has 0 atom stereocenters. The van der Waals surface area contributed by atoms with Gasteiger partial charge in [0, 0.05) is 16.7 Å². The Kier molecular flexibility index (Phi) is 11.0. The number of aryl methyl sites for hydroxylation is 1. The van der Waals surface area contributed by atoms with E-state index in [2.05, 4.69) is 268 Å². The van der Waals surface area contributed by atoms with Crippen LogP contribution in [0.4, 0.5) is 0 Å². The number of hydrogen-bond donors (Lipinski definition) is 0. The number of hydrogen-bond acceptors (Lipinski definition) is 2. The third-order valence-corrected chi connectivity index (χ3v) is 22.1. The third-order valence-electron chi connectivity index (χ3n) is 12.5. The van der Waals surface area contributed by atoms with Gasteiger partial charge in [-0.3, -0.25) is 0 Å². The molecule has 63 heavy (non-hydrogen) atoms. The second kappa shape index (κ2) is 17.5. The fraction of sp³-hybridized carbons (Fsp3) is 0.0169. The van der Waals surface area contributed by atoms with Crippen molar-refractivity contribution >= 4 is 57.6 Å². The molecule has 0 saturated carbocycles. The van der Waals surface area contributed by atoms with Gasteiger partial charge in [0.05, 0.1) is 11.4 Å². The highest BCUT2D eigenvalue weighted by Crippen LogP contribution is 2.29. The lowest BCUT2D eigenvalue weighted by Crippen LogP contribution is -2.74. The second-order valence-corrected chi connectivity index (χ2v) is 23.8. The Morgan fingerprint density at radius 1 is 0.270 bits per heavy atom. The van der Waals surface area contributed by atoms with E-state index in [9.17, 15) is 0 Å². The first-order chi connectivity index (χ1) is 31.2. The number of aromatic nitrogens is 2. The van der Waals surface area contributed by atoms with E-state index < -0.39 is 16.1 Å². The molecule has 300 valence electrons. The first kappa shape index (κ1) is 39.6. The van der Waals surface area contributed by atoms with Gasteiger partial charge < -0.3 is 0 Å². The summed E-state index contributed by atoms with van der Waals surface area (Å²) >= 11 is 0. The third kappa shape index (κ3) is 7.29. The zero-order chi connectivity index (χ0) is 42.5. The van der Waals surface area contributed by atoms with Gasteiger partial charge in [-0.25, -0.2) is 9.97 Å². The molecular formula is C59H46N2Si2. The molecule has 0 saturated heterocycles. The molecule has 0 aliphatic rings. The van der Waals surface area contributed by atoms with Crippen LogP contribution in [-0.2, 0) is 0 Å². The van der Waals surface area contributed by atoms with Crippen LogP contribution in [0, 0.1) is 6.92 Å². The van der Waals surface area contributed by atoms with Crippen molar-refractivity contribution in [3.63, 3.8) is 0 Å². The van der Waals surface area contributed by atoms with E-state index in [0.29, 0.717) is 5.82 Å². The zero-order valence-electron chi connectivity index (χ0n) is 35.2. The van der Waals surface area contributed by atoms with E-state index >= 15 is 0 Å². The largest absolute Gasteiger partial charge is 0.228 e. The molecule has 0 unspecified atom stereocenters. The van der Waals surface area contributed by atoms with Gasteiger partial charge in [0.25, 0.3) is 0 Å². The highest BCUT2D eigenvalue weighted by Gasteiger charge is 2.43. The summed E-state index contributed by atoms with van der Waals surface area (Å²) < 4.78 is 0. The van der Waals surface area contributed by atoms with E-state index in [0.717, 1.165) is 33.6 Å². The zero-order valence-corrected chi connectivity index (χ0v) is 37.2. The molecule has 10 aromatic rings. The second-order valence-electron chi connectivity index (χ2n) is 16.1. The van der Waals surface area contributed by atoms with E-state index in [1.54, 1.807) is 0 Å². The Bertz CT molecular complexity index is 2720. The van der Waals surface area contributed by atoms with Crippen LogP contribution in [0.1, 0.15) is 5.56 Å². The Morgan fingerprint density at radius 3 is 0.873 bits per heavy atom. The van der Waals surface area contributed by atoms with E-state index in [4.69, 9.17) is 9.97 Å². The summed E-state index contributed by atoms with van der Waals surface area (Å²) in [7, 11) is -5.58. The number of benzene rings is 9. The van der Waals surface area contributed by atoms with Crippen LogP contribution in [0.3, 0.4) is 0 Å². The van der Waals surface area contributed by atoms with Crippen molar-refractivity contribution in [1.29, 1.82) is 0 Å². The van der Waals surface area contributed by atoms with Gasteiger partial charge in [-0.05, 0) is 60.0 Å². The minimum atomic E-state index is -2.79. The van der Waals surface area contributed by atoms with E-state index in [1.165, 1.54) is 41.5 Å². The standard InChI is InChI=1S/C59H46N2Si2/c1-45-24-20-21-41-56(45)59-60-57(46-25-22-39-54(42-46)62(48-27-8-2-9-28-48,49-29-10-3-11-30-49)50-31-12-4-13-32-50)44-58(61-59)47-26-23-40-55(43-47)63(51-33-14-5-15-34-51,52-35-16-6-17-36-52)53-37-18-7-19-38-53/h2-44H,1H3. The number of nitrogens with zero attached hydrogens (tertiary/aromatic N) is 2. The molecule has 0 N–H and O–H groups in total. The fourth-order valence-electron chi connectivity index (χ4n) is 9.64. The maximum Gasteiger partial charge on any atom is 0.179 e. The average Bonchev–Trinajstić information content (AvgIpc) is 3.37. The minimum absolute atomic E-state index is 0.715. The highest BCUT2D eigenvalue weighted by molar-refractivity contribution is 7.20. The first-order valence-corrected chi connectivity index (χ1v) is 25.7. The van der Waals surface area contributed by atoms with Gasteiger partial charge in [-0.2, -0.15) is 0 Å². The summed E-state index contributed by atoms with van der Waals surface area (Å²) in [5.41, 5.74) is 6.05. The molecule has 4 heteroatoms. The molecule has 0 aliphatic carbocycles. The van der Waals surface area contributed by atoms with Crippen LogP contribution < -0.4 is 41.5 Å². The molecule has 10 rings (SSSR count). The summed E-state index contributed by atoms with van der Waals surface area (Å²) in [5.74, 6) is 0.715. The Hall–Kier alpha value is -7.51. The minimum Gasteiger partial charge on any atom is -0.228 e. The monoisotopic (exact) mass is 838 g/mol. The lowest BCUT2D eigenvalue weighted by Gasteiger charge is -2.34. The highest BCUT2D eigenvalue weighted by atomic mass is 28.3. The molecule has 0 spiro atoms. The SMILES string of the molecule is Cc1ccccc1-c1nc(-c2cccc([Si](c3ccccc3)(c3ccccc3)c3ccccc3)c2)cc(-c2cccc([Si](c3ccccc3)(c3ccccc3)c3ccccc3)c2)n1. The summed E-state index contributed by atoms with van der Waals surface area (Å²) in [6.07, 6.45) is 0. The van der Waals surface area contributed by atoms with Gasteiger partial charge in [-0.1, -0.05) is 255 Å². The summed E-state index contributed by atoms with van der Waals surface area (Å²) in [5, 5.41) is 10.6. The van der Waals surface area contributed by atoms with Crippen LogP contribution in [0.15, 0.2) is 261 Å². The Balaban J connectivity index is 1.21. The van der Waals surface area contributed by atoms with E-state index in [1.807, 2.05) is 0 Å². The van der Waals surface area contributed by atoms with Crippen LogP contribution >= 0.6 is 0 Å². The van der Waals surface area contributed by atoms with Gasteiger partial charge in [0.1, 0.15) is 0 Å². The maximum absolute atomic E-state index is 5.43. The van der Waals surface area contributed by atoms with Gasteiger partial charge in [0.2, 0.25) is 0 Å². The van der Waals surface area contributed by atoms with Crippen molar-refractivity contribution in [3.05, 3.63) is 266 Å². The molecule has 0 aliphatic heterocycles. The maximum atomic E-state index is 5.43. The van der Waals surface area contributed by atoms with Gasteiger partial charge >= 0.3 is 0 Å². The lowest BCUT2D eigenvalue weighted by molar-refractivity contribution is 1.17. The molecule has 1 heterocycles. The first-order valence-electron chi connectivity index (χ1n) is 21.7. The smallest absolute Gasteiger partial charge is 0.179 e. The van der Waals surface area contributed by atoms with Crippen molar-refractivity contribution in [1.82, 2.24) is 9.97 Å². The Morgan fingerprint density at radius 2 is 0.556 bits per heavy atom. The molecule has 1 aromatic heterocycles. The normalized spacial score (nSPS) is 11.6. The quantitative estimate of drug-likeness (QED) is 0.0965. The van der Waals surface area contributed by atoms with Crippen molar-refractivity contribution in [2.24, 2.45) is 0 Å². The predicted molar refractivity (Wildman–Crippen MR) is 270 cm³/mol. The lowest BCUT2D eigenvalue weighted by atomic mass is 10.0. The topological polar surface area (TPSA) is 25.8 Å². The molecule has 0 amide bonds. The van der Waals surface area contributed by atoms with Crippen LogP contribution in [0.2, 0.25) is 0 Å².